The van der Waals surface area contributed by atoms with E-state index in [2.05, 4.69) is 15.0 Å². The Labute approximate surface area is 82.6 Å². The van der Waals surface area contributed by atoms with Crippen molar-refractivity contribution in [2.24, 2.45) is 5.73 Å². The van der Waals surface area contributed by atoms with Gasteiger partial charge in [0.1, 0.15) is 5.82 Å². The van der Waals surface area contributed by atoms with Crippen LogP contribution in [0.15, 0.2) is 12.1 Å². The second-order valence-corrected chi connectivity index (χ2v) is 4.13. The Morgan fingerprint density at radius 3 is 2.64 bits per heavy atom. The van der Waals surface area contributed by atoms with Crippen LogP contribution in [0.5, 0.6) is 0 Å². The predicted octanol–water partition coefficient (Wildman–Crippen LogP) is 1.46. The van der Waals surface area contributed by atoms with E-state index in [4.69, 9.17) is 5.73 Å². The van der Waals surface area contributed by atoms with Crippen LogP contribution in [0.4, 0.5) is 0 Å². The molecule has 0 amide bonds. The van der Waals surface area contributed by atoms with Crippen molar-refractivity contribution in [1.82, 2.24) is 15.0 Å². The molecule has 0 aliphatic carbocycles. The molecule has 0 saturated heterocycles. The molecule has 0 aromatic carbocycles. The van der Waals surface area contributed by atoms with Crippen LogP contribution in [0.2, 0.25) is 0 Å². The molecule has 0 atom stereocenters. The Morgan fingerprint density at radius 1 is 1.29 bits per heavy atom. The molecule has 0 unspecified atom stereocenters. The Balaban J connectivity index is 2.63. The summed E-state index contributed by atoms with van der Waals surface area (Å²) >= 11 is 0. The molecular formula is C10H14N4. The highest BCUT2D eigenvalue weighted by atomic mass is 15.0. The minimum Gasteiger partial charge on any atom is -0.339 e. The van der Waals surface area contributed by atoms with Gasteiger partial charge < -0.3 is 10.7 Å². The lowest BCUT2D eigenvalue weighted by atomic mass is 10.1. The summed E-state index contributed by atoms with van der Waals surface area (Å²) in [6.45, 7) is 5.77. The number of fused-ring (bicyclic) bond motifs is 1. The standard InChI is InChI=1S/C10H14N4/c1-6-4-5-7-8(12-6)14-9(13-7)10(2,3)11/h4-5H,11H2,1-3H3,(H,12,13,14). The Morgan fingerprint density at radius 2 is 2.00 bits per heavy atom. The zero-order valence-electron chi connectivity index (χ0n) is 8.63. The Kier molecular flexibility index (Phi) is 1.82. The van der Waals surface area contributed by atoms with Gasteiger partial charge in [0.2, 0.25) is 0 Å². The first-order chi connectivity index (χ1) is 6.47. The number of imidazole rings is 1. The van der Waals surface area contributed by atoms with E-state index in [1.54, 1.807) is 0 Å². The highest BCUT2D eigenvalue weighted by molar-refractivity contribution is 5.70. The van der Waals surface area contributed by atoms with Crippen LogP contribution in [-0.2, 0) is 5.54 Å². The van der Waals surface area contributed by atoms with Gasteiger partial charge in [0.15, 0.2) is 5.65 Å². The van der Waals surface area contributed by atoms with E-state index in [9.17, 15) is 0 Å². The topological polar surface area (TPSA) is 67.6 Å². The van der Waals surface area contributed by atoms with Gasteiger partial charge in [-0.15, -0.1) is 0 Å². The van der Waals surface area contributed by atoms with E-state index in [-0.39, 0.29) is 0 Å². The fourth-order valence-corrected chi connectivity index (χ4v) is 1.29. The highest BCUT2D eigenvalue weighted by Gasteiger charge is 2.18. The summed E-state index contributed by atoms with van der Waals surface area (Å²) in [5, 5.41) is 0. The third-order valence-corrected chi connectivity index (χ3v) is 2.10. The first-order valence-electron chi connectivity index (χ1n) is 4.59. The van der Waals surface area contributed by atoms with Crippen LogP contribution >= 0.6 is 0 Å². The lowest BCUT2D eigenvalue weighted by Gasteiger charge is -2.13. The average molecular weight is 190 g/mol. The minimum absolute atomic E-state index is 0.450. The van der Waals surface area contributed by atoms with Crippen LogP contribution in [0.3, 0.4) is 0 Å². The number of hydrogen-bond donors (Lipinski definition) is 2. The van der Waals surface area contributed by atoms with E-state index in [0.29, 0.717) is 0 Å². The molecule has 2 aromatic rings. The van der Waals surface area contributed by atoms with Gasteiger partial charge in [0.25, 0.3) is 0 Å². The molecule has 3 N–H and O–H groups in total. The Hall–Kier alpha value is -1.42. The van der Waals surface area contributed by atoms with Crippen LogP contribution in [0, 0.1) is 6.92 Å². The minimum atomic E-state index is -0.450. The lowest BCUT2D eigenvalue weighted by Crippen LogP contribution is -2.30. The summed E-state index contributed by atoms with van der Waals surface area (Å²) in [5.74, 6) is 0.769. The van der Waals surface area contributed by atoms with Crippen molar-refractivity contribution >= 4 is 11.2 Å². The summed E-state index contributed by atoms with van der Waals surface area (Å²) in [6.07, 6.45) is 0. The molecule has 0 spiro atoms. The molecule has 0 aliphatic rings. The maximum atomic E-state index is 5.94. The summed E-state index contributed by atoms with van der Waals surface area (Å²) in [5.41, 5.74) is 8.12. The fraction of sp³-hybridized carbons (Fsp3) is 0.400. The number of aryl methyl sites for hydroxylation is 1. The van der Waals surface area contributed by atoms with Gasteiger partial charge in [0, 0.05) is 5.69 Å². The number of nitrogens with two attached hydrogens (primary N) is 1. The summed E-state index contributed by atoms with van der Waals surface area (Å²) in [4.78, 5) is 11.8. The van der Waals surface area contributed by atoms with Crippen LogP contribution in [-0.4, -0.2) is 15.0 Å². The number of hydrogen-bond acceptors (Lipinski definition) is 3. The summed E-state index contributed by atoms with van der Waals surface area (Å²) < 4.78 is 0. The quantitative estimate of drug-likeness (QED) is 0.715. The molecule has 14 heavy (non-hydrogen) atoms. The lowest BCUT2D eigenvalue weighted by molar-refractivity contribution is 0.522. The maximum Gasteiger partial charge on any atom is 0.178 e. The normalized spacial score (nSPS) is 12.3. The molecule has 0 aliphatic heterocycles. The van der Waals surface area contributed by atoms with Crippen LogP contribution in [0.1, 0.15) is 25.4 Å². The second kappa shape index (κ2) is 2.78. The van der Waals surface area contributed by atoms with E-state index < -0.39 is 5.54 Å². The van der Waals surface area contributed by atoms with Gasteiger partial charge in [-0.1, -0.05) is 0 Å². The molecule has 0 bridgehead atoms. The zero-order valence-corrected chi connectivity index (χ0v) is 8.63. The molecule has 4 nitrogen and oxygen atoms in total. The summed E-state index contributed by atoms with van der Waals surface area (Å²) in [6, 6.07) is 3.92. The molecule has 2 aromatic heterocycles. The van der Waals surface area contributed by atoms with E-state index in [1.165, 1.54) is 0 Å². The van der Waals surface area contributed by atoms with Crippen LogP contribution in [0.25, 0.3) is 11.2 Å². The highest BCUT2D eigenvalue weighted by Crippen LogP contribution is 2.17. The maximum absolute atomic E-state index is 5.94. The number of nitrogens with zero attached hydrogens (tertiary/aromatic N) is 2. The third kappa shape index (κ3) is 1.48. The fourth-order valence-electron chi connectivity index (χ4n) is 1.29. The smallest absolute Gasteiger partial charge is 0.178 e. The summed E-state index contributed by atoms with van der Waals surface area (Å²) in [7, 11) is 0. The number of pyridine rings is 1. The molecule has 0 saturated carbocycles. The number of nitrogens with one attached hydrogen (secondary N) is 1. The first kappa shape index (κ1) is 9.15. The molecule has 4 heteroatoms. The van der Waals surface area contributed by atoms with Gasteiger partial charge >= 0.3 is 0 Å². The van der Waals surface area contributed by atoms with Crippen molar-refractivity contribution in [1.29, 1.82) is 0 Å². The van der Waals surface area contributed by atoms with E-state index in [1.807, 2.05) is 32.9 Å². The number of aromatic nitrogens is 3. The number of H-pyrrole nitrogens is 1. The van der Waals surface area contributed by atoms with Crippen molar-refractivity contribution in [2.45, 2.75) is 26.3 Å². The van der Waals surface area contributed by atoms with E-state index >= 15 is 0 Å². The predicted molar refractivity (Wildman–Crippen MR) is 55.8 cm³/mol. The third-order valence-electron chi connectivity index (χ3n) is 2.10. The first-order valence-corrected chi connectivity index (χ1v) is 4.59. The van der Waals surface area contributed by atoms with Gasteiger partial charge in [-0.3, -0.25) is 0 Å². The van der Waals surface area contributed by atoms with Crippen molar-refractivity contribution in [2.75, 3.05) is 0 Å². The molecule has 2 heterocycles. The molecule has 0 radical (unpaired) electrons. The Bertz CT molecular complexity index is 464. The van der Waals surface area contributed by atoms with Crippen LogP contribution < -0.4 is 5.73 Å². The van der Waals surface area contributed by atoms with Crippen molar-refractivity contribution in [3.05, 3.63) is 23.7 Å². The molecule has 0 fully saturated rings. The van der Waals surface area contributed by atoms with Gasteiger partial charge in [-0.05, 0) is 32.9 Å². The zero-order chi connectivity index (χ0) is 10.3. The average Bonchev–Trinajstić information content (AvgIpc) is 2.45. The molecular weight excluding hydrogens is 176 g/mol. The number of rotatable bonds is 1. The monoisotopic (exact) mass is 190 g/mol. The second-order valence-electron chi connectivity index (χ2n) is 4.13. The SMILES string of the molecule is Cc1ccc2[nH]c(C(C)(C)N)nc2n1. The van der Waals surface area contributed by atoms with Gasteiger partial charge in [-0.25, -0.2) is 9.97 Å². The largest absolute Gasteiger partial charge is 0.339 e. The van der Waals surface area contributed by atoms with Gasteiger partial charge in [-0.2, -0.15) is 0 Å². The number of aromatic amines is 1. The molecule has 2 rings (SSSR count). The van der Waals surface area contributed by atoms with Crippen molar-refractivity contribution in [3.8, 4) is 0 Å². The molecule has 74 valence electrons. The van der Waals surface area contributed by atoms with Crippen molar-refractivity contribution in [3.63, 3.8) is 0 Å². The van der Waals surface area contributed by atoms with Gasteiger partial charge in [0.05, 0.1) is 11.1 Å². The van der Waals surface area contributed by atoms with E-state index in [0.717, 1.165) is 22.7 Å². The van der Waals surface area contributed by atoms with Crippen molar-refractivity contribution < 1.29 is 0 Å².